The summed E-state index contributed by atoms with van der Waals surface area (Å²) < 4.78 is 1.95. The lowest BCUT2D eigenvalue weighted by atomic mass is 9.75. The Morgan fingerprint density at radius 2 is 2.11 bits per heavy atom. The maximum absolute atomic E-state index is 6.28. The van der Waals surface area contributed by atoms with Crippen molar-refractivity contribution in [2.45, 2.75) is 56.4 Å². The summed E-state index contributed by atoms with van der Waals surface area (Å²) in [5.41, 5.74) is 6.28. The van der Waals surface area contributed by atoms with E-state index in [-0.39, 0.29) is 5.54 Å². The molecule has 4 rings (SSSR count). The zero-order valence-corrected chi connectivity index (χ0v) is 11.1. The molecule has 2 N–H and O–H groups in total. The van der Waals surface area contributed by atoms with Crippen molar-refractivity contribution in [1.29, 1.82) is 0 Å². The summed E-state index contributed by atoms with van der Waals surface area (Å²) in [4.78, 5) is 0.926. The molecule has 18 heavy (non-hydrogen) atoms. The minimum atomic E-state index is -0.0000731. The van der Waals surface area contributed by atoms with Gasteiger partial charge in [-0.2, -0.15) is 9.61 Å². The molecule has 0 unspecified atom stereocenters. The second-order valence-electron chi connectivity index (χ2n) is 5.77. The predicted molar refractivity (Wildman–Crippen MR) is 69.7 cm³/mol. The number of aromatic nitrogens is 4. The molecular formula is C12H17N5S. The van der Waals surface area contributed by atoms with Crippen LogP contribution in [-0.4, -0.2) is 25.4 Å². The molecule has 2 aromatic heterocycles. The van der Waals surface area contributed by atoms with Crippen molar-refractivity contribution in [2.24, 2.45) is 5.73 Å². The van der Waals surface area contributed by atoms with Gasteiger partial charge in [0.25, 0.3) is 0 Å². The Morgan fingerprint density at radius 1 is 1.28 bits per heavy atom. The molecule has 6 heteroatoms. The van der Waals surface area contributed by atoms with Crippen molar-refractivity contribution in [3.05, 3.63) is 10.8 Å². The van der Waals surface area contributed by atoms with Gasteiger partial charge in [0, 0.05) is 17.9 Å². The van der Waals surface area contributed by atoms with Crippen LogP contribution in [0, 0.1) is 0 Å². The fourth-order valence-corrected chi connectivity index (χ4v) is 3.77. The monoisotopic (exact) mass is 263 g/mol. The first-order valence-electron chi connectivity index (χ1n) is 6.73. The van der Waals surface area contributed by atoms with E-state index >= 15 is 0 Å². The van der Waals surface area contributed by atoms with E-state index in [1.165, 1.54) is 25.7 Å². The number of hydrogen-bond acceptors (Lipinski definition) is 5. The van der Waals surface area contributed by atoms with Crippen LogP contribution in [0.1, 0.15) is 55.3 Å². The summed E-state index contributed by atoms with van der Waals surface area (Å²) in [7, 11) is 0. The average molecular weight is 263 g/mol. The van der Waals surface area contributed by atoms with Gasteiger partial charge in [0.15, 0.2) is 5.82 Å². The van der Waals surface area contributed by atoms with Crippen LogP contribution in [0.5, 0.6) is 0 Å². The van der Waals surface area contributed by atoms with Crippen molar-refractivity contribution in [1.82, 2.24) is 19.8 Å². The summed E-state index contributed by atoms with van der Waals surface area (Å²) >= 11 is 1.64. The van der Waals surface area contributed by atoms with Gasteiger partial charge < -0.3 is 5.73 Å². The molecule has 0 saturated heterocycles. The van der Waals surface area contributed by atoms with Gasteiger partial charge in [-0.1, -0.05) is 17.8 Å². The van der Waals surface area contributed by atoms with Gasteiger partial charge in [-0.15, -0.1) is 10.2 Å². The van der Waals surface area contributed by atoms with E-state index in [0.29, 0.717) is 5.92 Å². The summed E-state index contributed by atoms with van der Waals surface area (Å²) in [6.07, 6.45) is 8.18. The standard InChI is InChI=1S/C12H17N5S/c13-12(5-2-6-12)7-9-16-17-10(8-3-1-4-8)14-15-11(17)18-9/h8H,1-7,13H2. The highest BCUT2D eigenvalue weighted by molar-refractivity contribution is 7.16. The van der Waals surface area contributed by atoms with Crippen LogP contribution in [0.4, 0.5) is 0 Å². The molecular weight excluding hydrogens is 246 g/mol. The summed E-state index contributed by atoms with van der Waals surface area (Å²) in [6.45, 7) is 0. The van der Waals surface area contributed by atoms with Crippen molar-refractivity contribution in [3.63, 3.8) is 0 Å². The van der Waals surface area contributed by atoms with Crippen molar-refractivity contribution < 1.29 is 0 Å². The van der Waals surface area contributed by atoms with Gasteiger partial charge >= 0.3 is 0 Å². The van der Waals surface area contributed by atoms with Gasteiger partial charge in [-0.25, -0.2) is 0 Å². The molecule has 0 aromatic carbocycles. The maximum Gasteiger partial charge on any atom is 0.234 e. The van der Waals surface area contributed by atoms with Crippen LogP contribution in [0.2, 0.25) is 0 Å². The molecule has 5 nitrogen and oxygen atoms in total. The summed E-state index contributed by atoms with van der Waals surface area (Å²) in [5.74, 6) is 1.63. The maximum atomic E-state index is 6.28. The highest BCUT2D eigenvalue weighted by Gasteiger charge is 2.34. The van der Waals surface area contributed by atoms with Crippen LogP contribution in [0.15, 0.2) is 0 Å². The third-order valence-corrected chi connectivity index (χ3v) is 5.28. The lowest BCUT2D eigenvalue weighted by Gasteiger charge is -2.37. The third-order valence-electron chi connectivity index (χ3n) is 4.38. The van der Waals surface area contributed by atoms with E-state index in [0.717, 1.165) is 35.1 Å². The molecule has 96 valence electrons. The Hall–Kier alpha value is -1.01. The van der Waals surface area contributed by atoms with Gasteiger partial charge in [0.05, 0.1) is 0 Å². The normalized spacial score (nSPS) is 22.9. The van der Waals surface area contributed by atoms with E-state index in [2.05, 4.69) is 15.3 Å². The smallest absolute Gasteiger partial charge is 0.234 e. The third kappa shape index (κ3) is 1.59. The lowest BCUT2D eigenvalue weighted by molar-refractivity contribution is 0.246. The van der Waals surface area contributed by atoms with E-state index in [4.69, 9.17) is 5.73 Å². The van der Waals surface area contributed by atoms with Crippen LogP contribution in [-0.2, 0) is 6.42 Å². The highest BCUT2D eigenvalue weighted by atomic mass is 32.1. The Kier molecular flexibility index (Phi) is 2.26. The van der Waals surface area contributed by atoms with Crippen LogP contribution >= 0.6 is 11.3 Å². The molecule has 2 saturated carbocycles. The van der Waals surface area contributed by atoms with Gasteiger partial charge in [0.2, 0.25) is 4.96 Å². The highest BCUT2D eigenvalue weighted by Crippen LogP contribution is 2.37. The molecule has 2 heterocycles. The van der Waals surface area contributed by atoms with Crippen molar-refractivity contribution in [3.8, 4) is 0 Å². The fraction of sp³-hybridized carbons (Fsp3) is 0.750. The first-order chi connectivity index (χ1) is 8.73. The SMILES string of the molecule is NC1(Cc2nn3c(C4CCC4)nnc3s2)CCC1. The fourth-order valence-electron chi connectivity index (χ4n) is 2.77. The van der Waals surface area contributed by atoms with Gasteiger partial charge in [-0.05, 0) is 32.1 Å². The van der Waals surface area contributed by atoms with Crippen LogP contribution in [0.3, 0.4) is 0 Å². The molecule has 0 radical (unpaired) electrons. The number of fused-ring (bicyclic) bond motifs is 1. The first kappa shape index (κ1) is 10.9. The molecule has 2 aromatic rings. The molecule has 0 aliphatic heterocycles. The zero-order chi connectivity index (χ0) is 12.2. The van der Waals surface area contributed by atoms with E-state index < -0.39 is 0 Å². The minimum absolute atomic E-state index is 0.0000731. The average Bonchev–Trinajstić information content (AvgIpc) is 2.75. The number of rotatable bonds is 3. The Labute approximate surface area is 109 Å². The number of nitrogens with two attached hydrogens (primary N) is 1. The van der Waals surface area contributed by atoms with Gasteiger partial charge in [-0.3, -0.25) is 0 Å². The Balaban J connectivity index is 1.64. The Bertz CT molecular complexity index is 578. The lowest BCUT2D eigenvalue weighted by Crippen LogP contribution is -2.48. The zero-order valence-electron chi connectivity index (χ0n) is 10.3. The molecule has 2 aliphatic carbocycles. The number of hydrogen-bond donors (Lipinski definition) is 1. The van der Waals surface area contributed by atoms with E-state index in [1.54, 1.807) is 11.3 Å². The van der Waals surface area contributed by atoms with Crippen LogP contribution < -0.4 is 5.73 Å². The second-order valence-corrected chi connectivity index (χ2v) is 6.81. The van der Waals surface area contributed by atoms with Crippen molar-refractivity contribution >= 4 is 16.3 Å². The van der Waals surface area contributed by atoms with Gasteiger partial charge in [0.1, 0.15) is 5.01 Å². The molecule has 0 atom stereocenters. The molecule has 0 bridgehead atoms. The summed E-state index contributed by atoms with van der Waals surface area (Å²) in [6, 6.07) is 0. The predicted octanol–water partition coefficient (Wildman–Crippen LogP) is 1.88. The number of nitrogens with zero attached hydrogens (tertiary/aromatic N) is 4. The van der Waals surface area contributed by atoms with Crippen molar-refractivity contribution in [2.75, 3.05) is 0 Å². The topological polar surface area (TPSA) is 69.1 Å². The quantitative estimate of drug-likeness (QED) is 0.918. The Morgan fingerprint density at radius 3 is 2.72 bits per heavy atom. The van der Waals surface area contributed by atoms with Crippen LogP contribution in [0.25, 0.3) is 4.96 Å². The molecule has 2 fully saturated rings. The summed E-state index contributed by atoms with van der Waals surface area (Å²) in [5, 5.41) is 14.3. The molecule has 0 amide bonds. The minimum Gasteiger partial charge on any atom is -0.325 e. The second kappa shape index (κ2) is 3.74. The largest absolute Gasteiger partial charge is 0.325 e. The molecule has 0 spiro atoms. The van der Waals surface area contributed by atoms with E-state index in [1.807, 2.05) is 4.52 Å². The molecule has 2 aliphatic rings. The van der Waals surface area contributed by atoms with E-state index in [9.17, 15) is 0 Å². The first-order valence-corrected chi connectivity index (χ1v) is 7.55.